The van der Waals surface area contributed by atoms with E-state index >= 15 is 0 Å². The maximum absolute atomic E-state index is 11.8. The molecule has 0 saturated heterocycles. The first-order valence-corrected chi connectivity index (χ1v) is 5.83. The highest BCUT2D eigenvalue weighted by atomic mass is 32.1. The summed E-state index contributed by atoms with van der Waals surface area (Å²) in [6.45, 7) is 1.54. The molecule has 0 aliphatic carbocycles. The number of carboxylic acids is 1. The summed E-state index contributed by atoms with van der Waals surface area (Å²) in [7, 11) is 0. The van der Waals surface area contributed by atoms with Gasteiger partial charge in [-0.15, -0.1) is 0 Å². The second-order valence-corrected chi connectivity index (χ2v) is 4.31. The molecule has 19 heavy (non-hydrogen) atoms. The smallest absolute Gasteiger partial charge is 0.340 e. The van der Waals surface area contributed by atoms with Crippen LogP contribution in [0.25, 0.3) is 0 Å². The van der Waals surface area contributed by atoms with E-state index in [0.29, 0.717) is 5.69 Å². The van der Waals surface area contributed by atoms with Gasteiger partial charge in [0.1, 0.15) is 16.3 Å². The molecule has 2 aromatic rings. The summed E-state index contributed by atoms with van der Waals surface area (Å²) >= 11 is 0.868. The summed E-state index contributed by atoms with van der Waals surface area (Å²) in [6, 6.07) is 2.39. The molecule has 2 aromatic heterocycles. The minimum absolute atomic E-state index is 0.0259. The Labute approximate surface area is 110 Å². The SMILES string of the molecule is Cc1nsc(NC(=O)c2ccc(=O)[nH]n2)c1C(=O)O. The molecule has 0 spiro atoms. The molecule has 0 aliphatic heterocycles. The van der Waals surface area contributed by atoms with Crippen LogP contribution >= 0.6 is 11.5 Å². The Morgan fingerprint density at radius 1 is 1.42 bits per heavy atom. The lowest BCUT2D eigenvalue weighted by Gasteiger charge is -2.02. The number of hydrogen-bond acceptors (Lipinski definition) is 6. The Hall–Kier alpha value is -2.55. The normalized spacial score (nSPS) is 10.2. The number of H-pyrrole nitrogens is 1. The second kappa shape index (κ2) is 4.98. The zero-order valence-electron chi connectivity index (χ0n) is 9.63. The van der Waals surface area contributed by atoms with E-state index < -0.39 is 17.4 Å². The van der Waals surface area contributed by atoms with Crippen LogP contribution in [0.1, 0.15) is 26.5 Å². The van der Waals surface area contributed by atoms with E-state index in [-0.39, 0.29) is 16.3 Å². The third-order valence-corrected chi connectivity index (χ3v) is 3.07. The summed E-state index contributed by atoms with van der Waals surface area (Å²) in [6.07, 6.45) is 0. The average Bonchev–Trinajstić information content (AvgIpc) is 2.71. The summed E-state index contributed by atoms with van der Waals surface area (Å²) in [5.74, 6) is -1.79. The summed E-state index contributed by atoms with van der Waals surface area (Å²) < 4.78 is 3.87. The van der Waals surface area contributed by atoms with Gasteiger partial charge in [0.15, 0.2) is 0 Å². The fourth-order valence-electron chi connectivity index (χ4n) is 1.34. The standard InChI is InChI=1S/C10H8N4O4S/c1-4-7(10(17)18)9(19-14-4)11-8(16)5-2-3-6(15)13-12-5/h2-3H,1H3,(H,11,16)(H,13,15)(H,17,18). The fourth-order valence-corrected chi connectivity index (χ4v) is 2.13. The van der Waals surface area contributed by atoms with Crippen LogP contribution in [0.3, 0.4) is 0 Å². The molecule has 2 heterocycles. The van der Waals surface area contributed by atoms with E-state index in [0.717, 1.165) is 17.6 Å². The number of carbonyl (C=O) groups is 2. The first-order valence-electron chi connectivity index (χ1n) is 5.05. The van der Waals surface area contributed by atoms with Crippen LogP contribution in [-0.4, -0.2) is 31.6 Å². The van der Waals surface area contributed by atoms with Gasteiger partial charge in [-0.25, -0.2) is 9.89 Å². The number of aromatic carboxylic acids is 1. The predicted molar refractivity (Wildman–Crippen MR) is 66.6 cm³/mol. The predicted octanol–water partition coefficient (Wildman–Crippen LogP) is 0.485. The van der Waals surface area contributed by atoms with Gasteiger partial charge in [0.25, 0.3) is 11.5 Å². The molecule has 0 atom stereocenters. The van der Waals surface area contributed by atoms with E-state index in [4.69, 9.17) is 5.11 Å². The monoisotopic (exact) mass is 280 g/mol. The van der Waals surface area contributed by atoms with Crippen molar-refractivity contribution in [2.45, 2.75) is 6.92 Å². The molecule has 0 fully saturated rings. The number of nitrogens with zero attached hydrogens (tertiary/aromatic N) is 2. The number of amides is 1. The molecular formula is C10H8N4O4S. The first-order chi connectivity index (χ1) is 8.99. The Morgan fingerprint density at radius 3 is 2.74 bits per heavy atom. The van der Waals surface area contributed by atoms with Crippen molar-refractivity contribution in [3.8, 4) is 0 Å². The summed E-state index contributed by atoms with van der Waals surface area (Å²) in [5, 5.41) is 17.2. The molecule has 0 aliphatic rings. The van der Waals surface area contributed by atoms with E-state index in [9.17, 15) is 14.4 Å². The fraction of sp³-hybridized carbons (Fsp3) is 0.100. The number of aromatic amines is 1. The zero-order chi connectivity index (χ0) is 14.0. The van der Waals surface area contributed by atoms with Crippen molar-refractivity contribution in [2.24, 2.45) is 0 Å². The van der Waals surface area contributed by atoms with Crippen molar-refractivity contribution < 1.29 is 14.7 Å². The lowest BCUT2D eigenvalue weighted by atomic mass is 10.2. The quantitative estimate of drug-likeness (QED) is 0.751. The van der Waals surface area contributed by atoms with E-state index in [1.165, 1.54) is 13.0 Å². The highest BCUT2D eigenvalue weighted by molar-refractivity contribution is 7.11. The molecule has 8 nitrogen and oxygen atoms in total. The summed E-state index contributed by atoms with van der Waals surface area (Å²) in [5.41, 5.74) is -0.191. The molecular weight excluding hydrogens is 272 g/mol. The van der Waals surface area contributed by atoms with Gasteiger partial charge in [0.2, 0.25) is 0 Å². The summed E-state index contributed by atoms with van der Waals surface area (Å²) in [4.78, 5) is 33.6. The highest BCUT2D eigenvalue weighted by Crippen LogP contribution is 2.24. The lowest BCUT2D eigenvalue weighted by molar-refractivity contribution is 0.0697. The van der Waals surface area contributed by atoms with Crippen LogP contribution in [0.2, 0.25) is 0 Å². The van der Waals surface area contributed by atoms with Gasteiger partial charge < -0.3 is 10.4 Å². The number of nitrogens with one attached hydrogen (secondary N) is 2. The maximum atomic E-state index is 11.8. The van der Waals surface area contributed by atoms with Crippen molar-refractivity contribution in [3.63, 3.8) is 0 Å². The second-order valence-electron chi connectivity index (χ2n) is 3.54. The van der Waals surface area contributed by atoms with Crippen molar-refractivity contribution in [3.05, 3.63) is 39.4 Å². The van der Waals surface area contributed by atoms with E-state index in [2.05, 4.69) is 19.9 Å². The molecule has 2 rings (SSSR count). The number of carbonyl (C=O) groups excluding carboxylic acids is 1. The topological polar surface area (TPSA) is 125 Å². The van der Waals surface area contributed by atoms with Crippen LogP contribution in [-0.2, 0) is 0 Å². The van der Waals surface area contributed by atoms with E-state index in [1.54, 1.807) is 0 Å². The van der Waals surface area contributed by atoms with Crippen LogP contribution in [0.15, 0.2) is 16.9 Å². The van der Waals surface area contributed by atoms with Crippen molar-refractivity contribution in [1.29, 1.82) is 0 Å². The van der Waals surface area contributed by atoms with Gasteiger partial charge >= 0.3 is 5.97 Å². The molecule has 1 amide bonds. The molecule has 0 unspecified atom stereocenters. The van der Waals surface area contributed by atoms with Crippen molar-refractivity contribution in [2.75, 3.05) is 5.32 Å². The third kappa shape index (κ3) is 2.65. The van der Waals surface area contributed by atoms with Crippen molar-refractivity contribution >= 4 is 28.4 Å². The number of rotatable bonds is 3. The van der Waals surface area contributed by atoms with Crippen molar-refractivity contribution in [1.82, 2.24) is 14.6 Å². The molecule has 3 N–H and O–H groups in total. The minimum atomic E-state index is -1.17. The zero-order valence-corrected chi connectivity index (χ0v) is 10.4. The van der Waals surface area contributed by atoms with Gasteiger partial charge in [-0.1, -0.05) is 0 Å². The maximum Gasteiger partial charge on any atom is 0.340 e. The van der Waals surface area contributed by atoms with Crippen LogP contribution in [0, 0.1) is 6.92 Å². The molecule has 9 heteroatoms. The average molecular weight is 280 g/mol. The van der Waals surface area contributed by atoms with Gasteiger partial charge in [-0.2, -0.15) is 9.47 Å². The number of carboxylic acid groups (broad SMARTS) is 1. The van der Waals surface area contributed by atoms with Crippen LogP contribution in [0.4, 0.5) is 5.00 Å². The van der Waals surface area contributed by atoms with Crippen LogP contribution in [0.5, 0.6) is 0 Å². The van der Waals surface area contributed by atoms with E-state index in [1.807, 2.05) is 0 Å². The number of aromatic nitrogens is 3. The molecule has 0 radical (unpaired) electrons. The molecule has 98 valence electrons. The lowest BCUT2D eigenvalue weighted by Crippen LogP contribution is -2.18. The molecule has 0 saturated carbocycles. The largest absolute Gasteiger partial charge is 0.478 e. The van der Waals surface area contributed by atoms with Crippen LogP contribution < -0.4 is 10.9 Å². The molecule has 0 aromatic carbocycles. The number of hydrogen-bond donors (Lipinski definition) is 3. The first kappa shape index (κ1) is 12.9. The minimum Gasteiger partial charge on any atom is -0.478 e. The van der Waals surface area contributed by atoms with Gasteiger partial charge in [0.05, 0.1) is 5.69 Å². The Kier molecular flexibility index (Phi) is 3.38. The Morgan fingerprint density at radius 2 is 2.16 bits per heavy atom. The Bertz CT molecular complexity index is 685. The molecule has 0 bridgehead atoms. The van der Waals surface area contributed by atoms with Gasteiger partial charge in [-0.05, 0) is 24.5 Å². The Balaban J connectivity index is 2.27. The van der Waals surface area contributed by atoms with Gasteiger partial charge in [-0.3, -0.25) is 9.59 Å². The third-order valence-electron chi connectivity index (χ3n) is 2.22. The number of anilines is 1. The number of aryl methyl sites for hydroxylation is 1. The van der Waals surface area contributed by atoms with Gasteiger partial charge in [0, 0.05) is 6.07 Å². The highest BCUT2D eigenvalue weighted by Gasteiger charge is 2.20.